The first-order valence-corrected chi connectivity index (χ1v) is 15.9. The molecule has 2 aromatic rings. The molecule has 0 aromatic heterocycles. The van der Waals surface area contributed by atoms with Gasteiger partial charge >= 0.3 is 5.97 Å². The zero-order chi connectivity index (χ0) is 26.5. The van der Waals surface area contributed by atoms with Gasteiger partial charge in [0.25, 0.3) is 0 Å². The van der Waals surface area contributed by atoms with Crippen LogP contribution in [0.15, 0.2) is 36.4 Å². The molecule has 1 amide bonds. The van der Waals surface area contributed by atoms with E-state index in [0.29, 0.717) is 25.1 Å². The first kappa shape index (κ1) is 27.1. The van der Waals surface area contributed by atoms with Crippen LogP contribution in [0.5, 0.6) is 5.75 Å². The van der Waals surface area contributed by atoms with Crippen molar-refractivity contribution in [3.05, 3.63) is 58.7 Å². The number of carboxylic acids is 1. The van der Waals surface area contributed by atoms with E-state index >= 15 is 0 Å². The summed E-state index contributed by atoms with van der Waals surface area (Å²) >= 11 is 0. The molecule has 7 nitrogen and oxygen atoms in total. The molecule has 0 saturated carbocycles. The molecule has 3 rings (SSSR count). The smallest absolute Gasteiger partial charge is 0.303 e. The Balaban J connectivity index is 1.93. The Kier molecular flexibility index (Phi) is 8.69. The summed E-state index contributed by atoms with van der Waals surface area (Å²) in [4.78, 5) is 39.3. The predicted octanol–water partition coefficient (Wildman–Crippen LogP) is 3.99. The van der Waals surface area contributed by atoms with Crippen molar-refractivity contribution in [2.45, 2.75) is 64.7 Å². The van der Waals surface area contributed by atoms with Crippen molar-refractivity contribution >= 4 is 30.9 Å². The fraction of sp³-hybridized carbons (Fsp3) is 0.429. The van der Waals surface area contributed by atoms with Crippen LogP contribution in [-0.2, 0) is 27.2 Å². The quantitative estimate of drug-likeness (QED) is 0.488. The number of carbonyl (C=O) groups is 3. The predicted molar refractivity (Wildman–Crippen MR) is 140 cm³/mol. The van der Waals surface area contributed by atoms with Crippen LogP contribution in [0.1, 0.15) is 54.5 Å². The maximum atomic E-state index is 13.7. The Morgan fingerprint density at radius 3 is 2.53 bits per heavy atom. The van der Waals surface area contributed by atoms with Gasteiger partial charge in [-0.05, 0) is 59.8 Å². The SMILES string of the molecule is CCOc1ccc2c(c1)CCN(C(=O)CCCC(=O)O)[C@H]2C(=O)Cc1ccc([Si](C)(C)C)c(C#N)c1. The Bertz CT molecular complexity index is 1200. The third-order valence-corrected chi connectivity index (χ3v) is 8.50. The van der Waals surface area contributed by atoms with Gasteiger partial charge in [0.15, 0.2) is 5.78 Å². The normalized spacial score (nSPS) is 15.1. The Labute approximate surface area is 213 Å². The fourth-order valence-corrected chi connectivity index (χ4v) is 6.28. The number of nitriles is 1. The number of rotatable bonds is 10. The molecular formula is C28H34N2O5Si. The number of aliphatic carboxylic acids is 1. The van der Waals surface area contributed by atoms with Crippen molar-refractivity contribution in [1.82, 2.24) is 4.90 Å². The Morgan fingerprint density at radius 1 is 1.14 bits per heavy atom. The summed E-state index contributed by atoms with van der Waals surface area (Å²) in [7, 11) is -1.71. The van der Waals surface area contributed by atoms with E-state index in [2.05, 4.69) is 25.7 Å². The topological polar surface area (TPSA) is 108 Å². The van der Waals surface area contributed by atoms with Crippen molar-refractivity contribution in [1.29, 1.82) is 5.26 Å². The van der Waals surface area contributed by atoms with Crippen LogP contribution in [0.2, 0.25) is 19.6 Å². The molecule has 2 aromatic carbocycles. The van der Waals surface area contributed by atoms with Gasteiger partial charge in [0, 0.05) is 25.8 Å². The highest BCUT2D eigenvalue weighted by Crippen LogP contribution is 2.34. The largest absolute Gasteiger partial charge is 0.494 e. The number of carbonyl (C=O) groups excluding carboxylic acids is 2. The number of Topliss-reactive ketones (excluding diaryl/α,β-unsaturated/α-hetero) is 1. The first-order valence-electron chi connectivity index (χ1n) is 12.4. The lowest BCUT2D eigenvalue weighted by molar-refractivity contribution is -0.141. The monoisotopic (exact) mass is 506 g/mol. The molecule has 0 aliphatic carbocycles. The van der Waals surface area contributed by atoms with E-state index in [1.54, 1.807) is 11.0 Å². The molecule has 36 heavy (non-hydrogen) atoms. The van der Waals surface area contributed by atoms with Crippen molar-refractivity contribution in [3.8, 4) is 11.8 Å². The first-order chi connectivity index (χ1) is 17.0. The van der Waals surface area contributed by atoms with Gasteiger partial charge < -0.3 is 14.7 Å². The van der Waals surface area contributed by atoms with Crippen LogP contribution in [0.4, 0.5) is 0 Å². The van der Waals surface area contributed by atoms with Crippen molar-refractivity contribution in [2.75, 3.05) is 13.2 Å². The average Bonchev–Trinajstić information content (AvgIpc) is 2.82. The van der Waals surface area contributed by atoms with Crippen LogP contribution in [0, 0.1) is 11.3 Å². The number of benzene rings is 2. The highest BCUT2D eigenvalue weighted by atomic mass is 28.3. The highest BCUT2D eigenvalue weighted by molar-refractivity contribution is 6.89. The van der Waals surface area contributed by atoms with Crippen molar-refractivity contribution in [3.63, 3.8) is 0 Å². The molecule has 190 valence electrons. The van der Waals surface area contributed by atoms with Gasteiger partial charge in [-0.15, -0.1) is 0 Å². The molecule has 1 aliphatic rings. The molecule has 1 N–H and O–H groups in total. The Hall–Kier alpha value is -3.44. The van der Waals surface area contributed by atoms with Crippen LogP contribution >= 0.6 is 0 Å². The number of hydrogen-bond donors (Lipinski definition) is 1. The molecule has 1 heterocycles. The zero-order valence-electron chi connectivity index (χ0n) is 21.5. The Morgan fingerprint density at radius 2 is 1.89 bits per heavy atom. The number of hydrogen-bond acceptors (Lipinski definition) is 5. The summed E-state index contributed by atoms with van der Waals surface area (Å²) in [6.07, 6.45) is 0.898. The fourth-order valence-electron chi connectivity index (χ4n) is 4.76. The second-order valence-electron chi connectivity index (χ2n) is 10.2. The molecule has 8 heteroatoms. The lowest BCUT2D eigenvalue weighted by Crippen LogP contribution is -2.44. The second-order valence-corrected chi connectivity index (χ2v) is 15.2. The van der Waals surface area contributed by atoms with Gasteiger partial charge in [-0.1, -0.05) is 37.8 Å². The van der Waals surface area contributed by atoms with E-state index in [9.17, 15) is 19.6 Å². The summed E-state index contributed by atoms with van der Waals surface area (Å²) in [5, 5.41) is 19.7. The highest BCUT2D eigenvalue weighted by Gasteiger charge is 2.35. The van der Waals surface area contributed by atoms with Crippen LogP contribution in [-0.4, -0.2) is 48.9 Å². The van der Waals surface area contributed by atoms with E-state index in [1.807, 2.05) is 37.3 Å². The molecule has 0 saturated heterocycles. The second kappa shape index (κ2) is 11.5. The van der Waals surface area contributed by atoms with E-state index in [0.717, 1.165) is 27.6 Å². The van der Waals surface area contributed by atoms with Crippen LogP contribution in [0.25, 0.3) is 0 Å². The number of ketones is 1. The molecule has 1 atom stereocenters. The van der Waals surface area contributed by atoms with Crippen molar-refractivity contribution < 1.29 is 24.2 Å². The summed E-state index contributed by atoms with van der Waals surface area (Å²) in [6.45, 7) is 9.35. The standard InChI is InChI=1S/C28H34N2O5Si/c1-5-35-22-10-11-23-20(17-22)13-14-30(26(32)7-6-8-27(33)34)28(23)24(31)16-19-9-12-25(36(2,3)4)21(15-19)18-29/h9-12,15,17,28H,5-8,13-14,16H2,1-4H3,(H,33,34)/t28-/m1/s1. The maximum Gasteiger partial charge on any atom is 0.303 e. The molecule has 0 fully saturated rings. The van der Waals surface area contributed by atoms with E-state index in [1.165, 1.54) is 0 Å². The summed E-state index contributed by atoms with van der Waals surface area (Å²) in [5.74, 6) is -0.570. The number of fused-ring (bicyclic) bond motifs is 1. The molecule has 1 aliphatic heterocycles. The van der Waals surface area contributed by atoms with Gasteiger partial charge in [-0.25, -0.2) is 0 Å². The van der Waals surface area contributed by atoms with E-state index < -0.39 is 20.1 Å². The average molecular weight is 507 g/mol. The summed E-state index contributed by atoms with van der Waals surface area (Å²) in [6, 6.07) is 12.8. The minimum absolute atomic E-state index is 0.0753. The van der Waals surface area contributed by atoms with Crippen molar-refractivity contribution in [2.24, 2.45) is 0 Å². The van der Waals surface area contributed by atoms with Gasteiger partial charge in [0.1, 0.15) is 11.8 Å². The maximum absolute atomic E-state index is 13.7. The number of carboxylic acid groups (broad SMARTS) is 1. The minimum Gasteiger partial charge on any atom is -0.494 e. The molecule has 0 unspecified atom stereocenters. The van der Waals surface area contributed by atoms with Gasteiger partial charge in [0.2, 0.25) is 5.91 Å². The molecule has 0 spiro atoms. The van der Waals surface area contributed by atoms with E-state index in [-0.39, 0.29) is 37.4 Å². The minimum atomic E-state index is -1.71. The molecule has 0 bridgehead atoms. The molecular weight excluding hydrogens is 472 g/mol. The third-order valence-electron chi connectivity index (χ3n) is 6.45. The molecule has 0 radical (unpaired) electrons. The summed E-state index contributed by atoms with van der Waals surface area (Å²) in [5.41, 5.74) is 3.10. The van der Waals surface area contributed by atoms with Gasteiger partial charge in [0.05, 0.1) is 26.3 Å². The lowest BCUT2D eigenvalue weighted by Gasteiger charge is -2.37. The number of nitrogens with zero attached hydrogens (tertiary/aromatic N) is 2. The summed E-state index contributed by atoms with van der Waals surface area (Å²) < 4.78 is 5.63. The van der Waals surface area contributed by atoms with E-state index in [4.69, 9.17) is 9.84 Å². The van der Waals surface area contributed by atoms with Crippen LogP contribution in [0.3, 0.4) is 0 Å². The third kappa shape index (κ3) is 6.41. The number of ether oxygens (including phenoxy) is 1. The number of amides is 1. The lowest BCUT2D eigenvalue weighted by atomic mass is 9.87. The van der Waals surface area contributed by atoms with Gasteiger partial charge in [-0.2, -0.15) is 5.26 Å². The van der Waals surface area contributed by atoms with Gasteiger partial charge in [-0.3, -0.25) is 14.4 Å². The van der Waals surface area contributed by atoms with Crippen LogP contribution < -0.4 is 9.92 Å². The zero-order valence-corrected chi connectivity index (χ0v) is 22.5.